The number of carboxylic acids is 1. The minimum absolute atomic E-state index is 0.00567. The third kappa shape index (κ3) is 3.07. The first kappa shape index (κ1) is 15.5. The lowest BCUT2D eigenvalue weighted by Gasteiger charge is -2.31. The van der Waals surface area contributed by atoms with E-state index in [9.17, 15) is 9.90 Å². The monoisotopic (exact) mass is 339 g/mol. The number of nitrogens with zero attached hydrogens (tertiary/aromatic N) is 1. The Labute approximate surface area is 129 Å². The van der Waals surface area contributed by atoms with Crippen LogP contribution in [0.3, 0.4) is 0 Å². The SMILES string of the molecule is Cc1cc(Br)ccc1[C@H]1CN(C(C)(C)C)C[C@@H]1C(=O)O. The summed E-state index contributed by atoms with van der Waals surface area (Å²) in [4.78, 5) is 13.9. The molecule has 1 fully saturated rings. The molecule has 1 aliphatic heterocycles. The normalized spacial score (nSPS) is 24.1. The van der Waals surface area contributed by atoms with Crippen molar-refractivity contribution in [3.63, 3.8) is 0 Å². The number of rotatable bonds is 2. The largest absolute Gasteiger partial charge is 0.481 e. The van der Waals surface area contributed by atoms with E-state index in [2.05, 4.69) is 60.7 Å². The van der Waals surface area contributed by atoms with Crippen LogP contribution in [0.15, 0.2) is 22.7 Å². The van der Waals surface area contributed by atoms with Crippen molar-refractivity contribution >= 4 is 21.9 Å². The Balaban J connectivity index is 2.35. The van der Waals surface area contributed by atoms with Crippen LogP contribution in [-0.4, -0.2) is 34.6 Å². The molecule has 1 aliphatic rings. The molecule has 0 spiro atoms. The number of carboxylic acid groups (broad SMARTS) is 1. The van der Waals surface area contributed by atoms with Gasteiger partial charge in [0.2, 0.25) is 0 Å². The van der Waals surface area contributed by atoms with Crippen molar-refractivity contribution in [3.05, 3.63) is 33.8 Å². The van der Waals surface area contributed by atoms with Gasteiger partial charge in [0, 0.05) is 29.0 Å². The van der Waals surface area contributed by atoms with Crippen molar-refractivity contribution in [1.82, 2.24) is 4.90 Å². The first-order chi connectivity index (χ1) is 9.20. The standard InChI is InChI=1S/C16H22BrNO2/c1-10-7-11(17)5-6-12(10)13-8-18(16(2,3)4)9-14(13)15(19)20/h5-7,13-14H,8-9H2,1-4H3,(H,19,20)/t13-,14+/m1/s1. The molecule has 110 valence electrons. The molecule has 0 amide bonds. The van der Waals surface area contributed by atoms with Gasteiger partial charge in [-0.1, -0.05) is 22.0 Å². The Hall–Kier alpha value is -0.870. The number of likely N-dealkylation sites (tertiary alicyclic amines) is 1. The second kappa shape index (κ2) is 5.49. The van der Waals surface area contributed by atoms with Crippen LogP contribution in [0.4, 0.5) is 0 Å². The number of aryl methyl sites for hydroxylation is 1. The lowest BCUT2D eigenvalue weighted by atomic mass is 9.86. The van der Waals surface area contributed by atoms with Crippen LogP contribution in [0.5, 0.6) is 0 Å². The molecule has 0 aromatic heterocycles. The zero-order valence-corrected chi connectivity index (χ0v) is 14.1. The van der Waals surface area contributed by atoms with Crippen LogP contribution in [0.1, 0.15) is 37.8 Å². The molecule has 3 nitrogen and oxygen atoms in total. The number of aliphatic carboxylic acids is 1. The first-order valence-electron chi connectivity index (χ1n) is 6.94. The Morgan fingerprint density at radius 2 is 2.00 bits per heavy atom. The highest BCUT2D eigenvalue weighted by atomic mass is 79.9. The van der Waals surface area contributed by atoms with E-state index in [4.69, 9.17) is 0 Å². The van der Waals surface area contributed by atoms with Crippen molar-refractivity contribution in [2.24, 2.45) is 5.92 Å². The van der Waals surface area contributed by atoms with Crippen LogP contribution in [-0.2, 0) is 4.79 Å². The summed E-state index contributed by atoms with van der Waals surface area (Å²) in [5.41, 5.74) is 2.32. The van der Waals surface area contributed by atoms with Crippen LogP contribution in [0.25, 0.3) is 0 Å². The van der Waals surface area contributed by atoms with Gasteiger partial charge in [-0.25, -0.2) is 0 Å². The maximum Gasteiger partial charge on any atom is 0.308 e. The summed E-state index contributed by atoms with van der Waals surface area (Å²) in [6.45, 7) is 9.91. The first-order valence-corrected chi connectivity index (χ1v) is 7.73. The molecule has 0 saturated carbocycles. The summed E-state index contributed by atoms with van der Waals surface area (Å²) >= 11 is 3.47. The Morgan fingerprint density at radius 3 is 2.50 bits per heavy atom. The summed E-state index contributed by atoms with van der Waals surface area (Å²) in [6.07, 6.45) is 0. The Kier molecular flexibility index (Phi) is 4.26. The summed E-state index contributed by atoms with van der Waals surface area (Å²) in [5, 5.41) is 9.54. The van der Waals surface area contributed by atoms with Gasteiger partial charge in [-0.3, -0.25) is 9.69 Å². The number of hydrogen-bond donors (Lipinski definition) is 1. The van der Waals surface area contributed by atoms with Crippen molar-refractivity contribution in [2.45, 2.75) is 39.2 Å². The van der Waals surface area contributed by atoms with Crippen molar-refractivity contribution < 1.29 is 9.90 Å². The molecule has 1 heterocycles. The highest BCUT2D eigenvalue weighted by Crippen LogP contribution is 2.38. The molecule has 4 heteroatoms. The van der Waals surface area contributed by atoms with Crippen LogP contribution >= 0.6 is 15.9 Å². The predicted octanol–water partition coefficient (Wildman–Crippen LogP) is 3.66. The topological polar surface area (TPSA) is 40.5 Å². The Bertz CT molecular complexity index is 522. The molecule has 1 aromatic carbocycles. The quantitative estimate of drug-likeness (QED) is 0.893. The van der Waals surface area contributed by atoms with E-state index in [0.29, 0.717) is 6.54 Å². The van der Waals surface area contributed by atoms with Gasteiger partial charge >= 0.3 is 5.97 Å². The van der Waals surface area contributed by atoms with E-state index in [1.165, 1.54) is 0 Å². The van der Waals surface area contributed by atoms with Gasteiger partial charge in [-0.05, 0) is 51.0 Å². The van der Waals surface area contributed by atoms with Crippen molar-refractivity contribution in [1.29, 1.82) is 0 Å². The summed E-state index contributed by atoms with van der Waals surface area (Å²) in [7, 11) is 0. The van der Waals surface area contributed by atoms with E-state index in [1.807, 2.05) is 6.07 Å². The zero-order chi connectivity index (χ0) is 15.1. The number of benzene rings is 1. The second-order valence-corrected chi connectivity index (χ2v) is 7.54. The number of hydrogen-bond acceptors (Lipinski definition) is 2. The van der Waals surface area contributed by atoms with Crippen LogP contribution in [0, 0.1) is 12.8 Å². The minimum Gasteiger partial charge on any atom is -0.481 e. The highest BCUT2D eigenvalue weighted by molar-refractivity contribution is 9.10. The molecule has 2 rings (SSSR count). The van der Waals surface area contributed by atoms with E-state index in [-0.39, 0.29) is 17.4 Å². The average molecular weight is 340 g/mol. The van der Waals surface area contributed by atoms with Gasteiger partial charge in [0.05, 0.1) is 5.92 Å². The van der Waals surface area contributed by atoms with Crippen LogP contribution in [0.2, 0.25) is 0 Å². The van der Waals surface area contributed by atoms with Crippen molar-refractivity contribution in [2.75, 3.05) is 13.1 Å². The van der Waals surface area contributed by atoms with Gasteiger partial charge in [-0.15, -0.1) is 0 Å². The fourth-order valence-corrected chi connectivity index (χ4v) is 3.45. The molecule has 0 bridgehead atoms. The van der Waals surface area contributed by atoms with E-state index in [0.717, 1.165) is 22.1 Å². The Morgan fingerprint density at radius 1 is 1.35 bits per heavy atom. The molecular weight excluding hydrogens is 318 g/mol. The summed E-state index contributed by atoms with van der Waals surface area (Å²) in [5.74, 6) is -0.946. The zero-order valence-electron chi connectivity index (χ0n) is 12.5. The predicted molar refractivity (Wildman–Crippen MR) is 84.1 cm³/mol. The summed E-state index contributed by atoms with van der Waals surface area (Å²) in [6, 6.07) is 6.13. The van der Waals surface area contributed by atoms with Gasteiger partial charge in [0.1, 0.15) is 0 Å². The molecule has 0 aliphatic carbocycles. The number of halogens is 1. The molecule has 0 unspecified atom stereocenters. The van der Waals surface area contributed by atoms with E-state index < -0.39 is 5.97 Å². The molecule has 1 saturated heterocycles. The number of carbonyl (C=O) groups is 1. The second-order valence-electron chi connectivity index (χ2n) is 6.63. The van der Waals surface area contributed by atoms with Gasteiger partial charge < -0.3 is 5.11 Å². The lowest BCUT2D eigenvalue weighted by Crippen LogP contribution is -2.40. The maximum atomic E-state index is 11.6. The lowest BCUT2D eigenvalue weighted by molar-refractivity contribution is -0.141. The average Bonchev–Trinajstić information content (AvgIpc) is 2.73. The van der Waals surface area contributed by atoms with Crippen molar-refractivity contribution in [3.8, 4) is 0 Å². The fraction of sp³-hybridized carbons (Fsp3) is 0.562. The third-order valence-electron chi connectivity index (χ3n) is 4.22. The molecule has 1 N–H and O–H groups in total. The fourth-order valence-electron chi connectivity index (χ4n) is 2.97. The maximum absolute atomic E-state index is 11.6. The van der Waals surface area contributed by atoms with Gasteiger partial charge in [-0.2, -0.15) is 0 Å². The molecular formula is C16H22BrNO2. The molecule has 20 heavy (non-hydrogen) atoms. The molecule has 0 radical (unpaired) electrons. The third-order valence-corrected chi connectivity index (χ3v) is 4.71. The summed E-state index contributed by atoms with van der Waals surface area (Å²) < 4.78 is 1.04. The molecule has 1 aromatic rings. The van der Waals surface area contributed by atoms with Gasteiger partial charge in [0.15, 0.2) is 0 Å². The molecule has 2 atom stereocenters. The smallest absolute Gasteiger partial charge is 0.308 e. The van der Waals surface area contributed by atoms with E-state index in [1.54, 1.807) is 0 Å². The van der Waals surface area contributed by atoms with E-state index >= 15 is 0 Å². The highest BCUT2D eigenvalue weighted by Gasteiger charge is 2.42. The minimum atomic E-state index is -0.691. The van der Waals surface area contributed by atoms with Crippen LogP contribution < -0.4 is 0 Å². The van der Waals surface area contributed by atoms with Gasteiger partial charge in [0.25, 0.3) is 0 Å².